The van der Waals surface area contributed by atoms with Crippen LogP contribution in [0.5, 0.6) is 23.0 Å². The van der Waals surface area contributed by atoms with Gasteiger partial charge in [0, 0.05) is 22.5 Å². The Labute approximate surface area is 240 Å². The van der Waals surface area contributed by atoms with Crippen molar-refractivity contribution in [2.45, 2.75) is 39.2 Å². The van der Waals surface area contributed by atoms with E-state index in [4.69, 9.17) is 37.2 Å². The van der Waals surface area contributed by atoms with E-state index < -0.39 is 24.2 Å². The molecule has 3 aromatic carbocycles. The van der Waals surface area contributed by atoms with Crippen LogP contribution in [0.25, 0.3) is 27.7 Å². The Morgan fingerprint density at radius 2 is 1.83 bits per heavy atom. The molecule has 0 amide bonds. The van der Waals surface area contributed by atoms with Crippen LogP contribution in [0.4, 0.5) is 13.2 Å². The topological polar surface area (TPSA) is 96.0 Å². The second kappa shape index (κ2) is 11.1. The van der Waals surface area contributed by atoms with Crippen LogP contribution >= 0.6 is 23.2 Å². The summed E-state index contributed by atoms with van der Waals surface area (Å²) in [5.74, 6) is -0.805. The number of halogens is 5. The Hall–Kier alpha value is -4.09. The van der Waals surface area contributed by atoms with Gasteiger partial charge in [-0.05, 0) is 55.8 Å². The number of aliphatic carboxylic acids is 1. The number of benzene rings is 3. The minimum Gasteiger partial charge on any atom is -0.479 e. The molecule has 0 aliphatic carbocycles. The number of carboxylic acid groups (broad SMARTS) is 1. The van der Waals surface area contributed by atoms with Crippen molar-refractivity contribution >= 4 is 51.0 Å². The first kappa shape index (κ1) is 28.4. The van der Waals surface area contributed by atoms with Crippen LogP contribution in [0.3, 0.4) is 0 Å². The summed E-state index contributed by atoms with van der Waals surface area (Å²) in [4.78, 5) is 11.6. The molecule has 0 radical (unpaired) electrons. The van der Waals surface area contributed by atoms with Gasteiger partial charge in [-0.1, -0.05) is 41.7 Å². The molecule has 1 unspecified atom stereocenters. The Kier molecular flexibility index (Phi) is 7.67. The SMILES string of the molecule is CCCC(Oc1ccc(Cl)c(Oc2c(C)n(-c3noc4cc(Cl)ccc34)c3ccc(OC(F)(F)F)cc23)c1)C(=O)O. The number of aromatic nitrogens is 2. The van der Waals surface area contributed by atoms with Gasteiger partial charge >= 0.3 is 12.3 Å². The molecule has 0 spiro atoms. The first-order valence-corrected chi connectivity index (χ1v) is 13.0. The number of hydrogen-bond acceptors (Lipinski definition) is 6. The number of nitrogens with zero attached hydrogens (tertiary/aromatic N) is 2. The fourth-order valence-corrected chi connectivity index (χ4v) is 4.75. The number of rotatable bonds is 9. The summed E-state index contributed by atoms with van der Waals surface area (Å²) in [6.07, 6.45) is -5.15. The molecule has 8 nitrogen and oxygen atoms in total. The van der Waals surface area contributed by atoms with Gasteiger partial charge in [-0.2, -0.15) is 0 Å². The molecule has 214 valence electrons. The van der Waals surface area contributed by atoms with Crippen LogP contribution in [-0.4, -0.2) is 33.3 Å². The number of alkyl halides is 3. The maximum atomic E-state index is 13.1. The lowest BCUT2D eigenvalue weighted by Crippen LogP contribution is -2.26. The molecule has 0 aliphatic rings. The minimum absolute atomic E-state index is 0.0888. The molecule has 5 aromatic rings. The van der Waals surface area contributed by atoms with Gasteiger partial charge in [-0.15, -0.1) is 13.2 Å². The molecule has 1 atom stereocenters. The fraction of sp³-hybridized carbons (Fsp3) is 0.214. The number of ether oxygens (including phenoxy) is 3. The van der Waals surface area contributed by atoms with E-state index in [9.17, 15) is 23.1 Å². The van der Waals surface area contributed by atoms with Crippen molar-refractivity contribution in [3.63, 3.8) is 0 Å². The van der Waals surface area contributed by atoms with E-state index >= 15 is 0 Å². The summed E-state index contributed by atoms with van der Waals surface area (Å²) in [6.45, 7) is 3.52. The van der Waals surface area contributed by atoms with Crippen LogP contribution in [0.2, 0.25) is 10.0 Å². The normalized spacial score (nSPS) is 12.6. The Balaban J connectivity index is 1.65. The van der Waals surface area contributed by atoms with Crippen molar-refractivity contribution in [2.24, 2.45) is 0 Å². The average Bonchev–Trinajstić information content (AvgIpc) is 3.42. The van der Waals surface area contributed by atoms with Crippen molar-refractivity contribution in [1.29, 1.82) is 0 Å². The largest absolute Gasteiger partial charge is 0.573 e. The van der Waals surface area contributed by atoms with Crippen molar-refractivity contribution < 1.29 is 41.8 Å². The van der Waals surface area contributed by atoms with E-state index in [0.717, 1.165) is 0 Å². The summed E-state index contributed by atoms with van der Waals surface area (Å²) >= 11 is 12.5. The van der Waals surface area contributed by atoms with Crippen LogP contribution in [-0.2, 0) is 4.79 Å². The lowest BCUT2D eigenvalue weighted by molar-refractivity contribution is -0.274. The molecule has 13 heteroatoms. The first-order chi connectivity index (χ1) is 19.4. The summed E-state index contributed by atoms with van der Waals surface area (Å²) in [5.41, 5.74) is 1.29. The lowest BCUT2D eigenvalue weighted by atomic mass is 10.2. The monoisotopic (exact) mass is 608 g/mol. The molecule has 0 saturated carbocycles. The maximum absolute atomic E-state index is 13.1. The Morgan fingerprint density at radius 1 is 1.07 bits per heavy atom. The van der Waals surface area contributed by atoms with E-state index in [1.807, 2.05) is 6.92 Å². The van der Waals surface area contributed by atoms with Crippen LogP contribution in [0, 0.1) is 6.92 Å². The quantitative estimate of drug-likeness (QED) is 0.179. The van der Waals surface area contributed by atoms with Gasteiger partial charge in [0.05, 0.1) is 21.6 Å². The summed E-state index contributed by atoms with van der Waals surface area (Å²) in [7, 11) is 0. The molecule has 1 N–H and O–H groups in total. The van der Waals surface area contributed by atoms with Gasteiger partial charge < -0.3 is 23.8 Å². The fourth-order valence-electron chi connectivity index (χ4n) is 4.43. The molecule has 0 fully saturated rings. The molecule has 0 bridgehead atoms. The zero-order valence-electron chi connectivity index (χ0n) is 21.5. The third-order valence-electron chi connectivity index (χ3n) is 6.20. The van der Waals surface area contributed by atoms with E-state index in [1.54, 1.807) is 29.7 Å². The second-order valence-electron chi connectivity index (χ2n) is 9.05. The number of hydrogen-bond donors (Lipinski definition) is 1. The van der Waals surface area contributed by atoms with Crippen molar-refractivity contribution in [2.75, 3.05) is 0 Å². The minimum atomic E-state index is -4.91. The molecule has 2 aromatic heterocycles. The molecule has 0 aliphatic heterocycles. The van der Waals surface area contributed by atoms with Gasteiger partial charge in [0.2, 0.25) is 0 Å². The Morgan fingerprint density at radius 3 is 2.54 bits per heavy atom. The first-order valence-electron chi connectivity index (χ1n) is 12.3. The smallest absolute Gasteiger partial charge is 0.479 e. The highest BCUT2D eigenvalue weighted by molar-refractivity contribution is 6.32. The van der Waals surface area contributed by atoms with E-state index in [0.29, 0.717) is 39.4 Å². The highest BCUT2D eigenvalue weighted by Crippen LogP contribution is 2.43. The molecular weight excluding hydrogens is 588 g/mol. The van der Waals surface area contributed by atoms with E-state index in [-0.39, 0.29) is 34.1 Å². The van der Waals surface area contributed by atoms with Gasteiger partial charge in [-0.25, -0.2) is 4.79 Å². The second-order valence-corrected chi connectivity index (χ2v) is 9.89. The van der Waals surface area contributed by atoms with Crippen LogP contribution < -0.4 is 14.2 Å². The number of carbonyl (C=O) groups is 1. The average molecular weight is 609 g/mol. The molecule has 5 rings (SSSR count). The van der Waals surface area contributed by atoms with Crippen LogP contribution in [0.1, 0.15) is 25.5 Å². The zero-order valence-corrected chi connectivity index (χ0v) is 23.0. The third-order valence-corrected chi connectivity index (χ3v) is 6.74. The van der Waals surface area contributed by atoms with Gasteiger partial charge in [0.1, 0.15) is 17.2 Å². The standard InChI is InChI=1S/C28H21Cl2F3N2O6/c1-3-4-22(27(36)37)38-16-6-9-20(30)24(13-16)39-25-14(2)35(26-18-8-5-15(29)11-23(18)41-34-26)21-10-7-17(12-19(21)25)40-28(31,32)33/h5-13,22H,3-4H2,1-2H3,(H,36,37). The predicted molar refractivity (Wildman–Crippen MR) is 146 cm³/mol. The third kappa shape index (κ3) is 5.86. The molecule has 41 heavy (non-hydrogen) atoms. The lowest BCUT2D eigenvalue weighted by Gasteiger charge is -2.16. The van der Waals surface area contributed by atoms with Gasteiger partial charge in [0.25, 0.3) is 0 Å². The summed E-state index contributed by atoms with van der Waals surface area (Å²) in [5, 5.41) is 15.1. The Bertz CT molecular complexity index is 1770. The highest BCUT2D eigenvalue weighted by atomic mass is 35.5. The van der Waals surface area contributed by atoms with Gasteiger partial charge in [-0.3, -0.25) is 4.57 Å². The zero-order chi connectivity index (χ0) is 29.5. The van der Waals surface area contributed by atoms with E-state index in [2.05, 4.69) is 9.89 Å². The number of carboxylic acids is 1. The van der Waals surface area contributed by atoms with Crippen molar-refractivity contribution in [3.8, 4) is 28.8 Å². The van der Waals surface area contributed by atoms with Crippen LogP contribution in [0.15, 0.2) is 59.1 Å². The maximum Gasteiger partial charge on any atom is 0.573 e. The predicted octanol–water partition coefficient (Wildman–Crippen LogP) is 8.71. The molecule has 0 saturated heterocycles. The van der Waals surface area contributed by atoms with Gasteiger partial charge in [0.15, 0.2) is 23.3 Å². The van der Waals surface area contributed by atoms with Crippen molar-refractivity contribution in [1.82, 2.24) is 9.72 Å². The highest BCUT2D eigenvalue weighted by Gasteiger charge is 2.32. The summed E-state index contributed by atoms with van der Waals surface area (Å²) < 4.78 is 62.3. The number of fused-ring (bicyclic) bond motifs is 2. The van der Waals surface area contributed by atoms with E-state index in [1.165, 1.54) is 36.4 Å². The van der Waals surface area contributed by atoms with Crippen molar-refractivity contribution in [3.05, 3.63) is 70.3 Å². The summed E-state index contributed by atoms with van der Waals surface area (Å²) in [6, 6.07) is 13.2. The molecular formula is C28H21Cl2F3N2O6. The molecule has 2 heterocycles.